The number of carbonyl (C=O) groups excluding carboxylic acids is 1. The highest BCUT2D eigenvalue weighted by molar-refractivity contribution is 5.75. The molecule has 0 unspecified atom stereocenters. The first kappa shape index (κ1) is 10.2. The molecule has 0 aromatic carbocycles. The highest BCUT2D eigenvalue weighted by atomic mass is 16.2. The zero-order chi connectivity index (χ0) is 10.7. The number of nitrogens with zero attached hydrogens (tertiary/aromatic N) is 2. The van der Waals surface area contributed by atoms with Gasteiger partial charge in [0.15, 0.2) is 0 Å². The van der Waals surface area contributed by atoms with Crippen molar-refractivity contribution in [2.24, 2.45) is 0 Å². The summed E-state index contributed by atoms with van der Waals surface area (Å²) in [6.45, 7) is -0.0669. The molecule has 6 nitrogen and oxygen atoms in total. The van der Waals surface area contributed by atoms with Gasteiger partial charge in [-0.3, -0.25) is 19.1 Å². The van der Waals surface area contributed by atoms with Gasteiger partial charge in [-0.1, -0.05) is 0 Å². The summed E-state index contributed by atoms with van der Waals surface area (Å²) in [6, 6.07) is 1.20. The van der Waals surface area contributed by atoms with Gasteiger partial charge >= 0.3 is 5.69 Å². The van der Waals surface area contributed by atoms with Crippen LogP contribution in [0.25, 0.3) is 0 Å². The fourth-order valence-corrected chi connectivity index (χ4v) is 0.856. The van der Waals surface area contributed by atoms with E-state index in [0.717, 1.165) is 4.57 Å². The van der Waals surface area contributed by atoms with Crippen molar-refractivity contribution in [3.8, 4) is 0 Å². The van der Waals surface area contributed by atoms with Crippen LogP contribution in [0.15, 0.2) is 21.9 Å². The minimum absolute atomic E-state index is 0.0669. The van der Waals surface area contributed by atoms with E-state index in [1.54, 1.807) is 14.1 Å². The number of aromatic amines is 1. The predicted molar refractivity (Wildman–Crippen MR) is 50.0 cm³/mol. The molecule has 0 radical (unpaired) electrons. The van der Waals surface area contributed by atoms with Gasteiger partial charge in [-0.15, -0.1) is 0 Å². The fraction of sp³-hybridized carbons (Fsp3) is 0.375. The van der Waals surface area contributed by atoms with Crippen molar-refractivity contribution < 1.29 is 4.79 Å². The minimum atomic E-state index is -0.576. The van der Waals surface area contributed by atoms with E-state index in [1.165, 1.54) is 17.2 Å². The van der Waals surface area contributed by atoms with Crippen molar-refractivity contribution in [2.75, 3.05) is 14.1 Å². The number of nitrogens with one attached hydrogen (secondary N) is 1. The maximum atomic E-state index is 11.2. The van der Waals surface area contributed by atoms with E-state index in [-0.39, 0.29) is 12.5 Å². The lowest BCUT2D eigenvalue weighted by molar-refractivity contribution is -0.129. The standard InChI is InChI=1S/C8H11N3O3/c1-10(2)7(13)5-11-4-3-6(12)9-8(11)14/h3-4H,5H2,1-2H3,(H,9,12,14). The summed E-state index contributed by atoms with van der Waals surface area (Å²) in [6.07, 6.45) is 1.29. The first-order chi connectivity index (χ1) is 6.50. The quantitative estimate of drug-likeness (QED) is 0.635. The molecular formula is C8H11N3O3. The number of H-pyrrole nitrogens is 1. The molecule has 0 bridgehead atoms. The van der Waals surface area contributed by atoms with E-state index >= 15 is 0 Å². The number of amides is 1. The van der Waals surface area contributed by atoms with Crippen molar-refractivity contribution in [1.29, 1.82) is 0 Å². The summed E-state index contributed by atoms with van der Waals surface area (Å²) in [5.74, 6) is -0.209. The molecule has 0 saturated carbocycles. The molecule has 1 aromatic heterocycles. The summed E-state index contributed by atoms with van der Waals surface area (Å²) in [7, 11) is 3.19. The molecular weight excluding hydrogens is 186 g/mol. The van der Waals surface area contributed by atoms with Crippen molar-refractivity contribution in [3.63, 3.8) is 0 Å². The van der Waals surface area contributed by atoms with E-state index in [2.05, 4.69) is 4.98 Å². The fourth-order valence-electron chi connectivity index (χ4n) is 0.856. The van der Waals surface area contributed by atoms with Gasteiger partial charge in [0, 0.05) is 26.4 Å². The maximum absolute atomic E-state index is 11.2. The number of rotatable bonds is 2. The monoisotopic (exact) mass is 197 g/mol. The van der Waals surface area contributed by atoms with Crippen LogP contribution in [0.4, 0.5) is 0 Å². The Morgan fingerprint density at radius 1 is 1.50 bits per heavy atom. The Labute approximate surface area is 79.8 Å². The number of hydrogen-bond donors (Lipinski definition) is 1. The number of hydrogen-bond acceptors (Lipinski definition) is 3. The summed E-state index contributed by atoms with van der Waals surface area (Å²) < 4.78 is 1.14. The SMILES string of the molecule is CN(C)C(=O)Cn1ccc(=O)[nH]c1=O. The third kappa shape index (κ3) is 2.32. The third-order valence-corrected chi connectivity index (χ3v) is 1.70. The van der Waals surface area contributed by atoms with Gasteiger partial charge < -0.3 is 4.90 Å². The Morgan fingerprint density at radius 3 is 2.64 bits per heavy atom. The molecule has 0 aliphatic carbocycles. The zero-order valence-electron chi connectivity index (χ0n) is 7.98. The van der Waals surface area contributed by atoms with E-state index in [4.69, 9.17) is 0 Å². The average Bonchev–Trinajstić information content (AvgIpc) is 2.09. The topological polar surface area (TPSA) is 75.2 Å². The van der Waals surface area contributed by atoms with Gasteiger partial charge in [-0.2, -0.15) is 0 Å². The van der Waals surface area contributed by atoms with Gasteiger partial charge in [-0.25, -0.2) is 4.79 Å². The predicted octanol–water partition coefficient (Wildman–Crippen LogP) is -1.38. The Bertz CT molecular complexity index is 444. The lowest BCUT2D eigenvalue weighted by Gasteiger charge is -2.10. The van der Waals surface area contributed by atoms with Crippen LogP contribution in [-0.2, 0) is 11.3 Å². The lowest BCUT2D eigenvalue weighted by Crippen LogP contribution is -2.34. The minimum Gasteiger partial charge on any atom is -0.347 e. The Kier molecular flexibility index (Phi) is 2.85. The Hall–Kier alpha value is -1.85. The molecule has 14 heavy (non-hydrogen) atoms. The third-order valence-electron chi connectivity index (χ3n) is 1.70. The van der Waals surface area contributed by atoms with Crippen molar-refractivity contribution in [2.45, 2.75) is 6.54 Å². The van der Waals surface area contributed by atoms with Crippen molar-refractivity contribution in [1.82, 2.24) is 14.5 Å². The summed E-state index contributed by atoms with van der Waals surface area (Å²) in [5, 5.41) is 0. The number of aromatic nitrogens is 2. The normalized spacial score (nSPS) is 9.86. The molecule has 1 aromatic rings. The molecule has 76 valence electrons. The number of carbonyl (C=O) groups is 1. The lowest BCUT2D eigenvalue weighted by atomic mass is 10.5. The van der Waals surface area contributed by atoms with E-state index in [1.807, 2.05) is 0 Å². The Balaban J connectivity index is 2.94. The van der Waals surface area contributed by atoms with Crippen LogP contribution in [0, 0.1) is 0 Å². The molecule has 0 aliphatic heterocycles. The summed E-state index contributed by atoms with van der Waals surface area (Å²) in [5.41, 5.74) is -1.05. The molecule has 0 aliphatic rings. The van der Waals surface area contributed by atoms with Crippen LogP contribution < -0.4 is 11.2 Å². The molecule has 0 atom stereocenters. The van der Waals surface area contributed by atoms with E-state index < -0.39 is 11.2 Å². The second-order valence-corrected chi connectivity index (χ2v) is 3.03. The largest absolute Gasteiger partial charge is 0.347 e. The smallest absolute Gasteiger partial charge is 0.328 e. The molecule has 0 spiro atoms. The maximum Gasteiger partial charge on any atom is 0.328 e. The van der Waals surface area contributed by atoms with Crippen LogP contribution >= 0.6 is 0 Å². The average molecular weight is 197 g/mol. The first-order valence-corrected chi connectivity index (χ1v) is 4.00. The molecule has 1 rings (SSSR count). The molecule has 1 heterocycles. The van der Waals surface area contributed by atoms with Gasteiger partial charge in [0.2, 0.25) is 5.91 Å². The summed E-state index contributed by atoms with van der Waals surface area (Å²) in [4.78, 5) is 36.5. The second kappa shape index (κ2) is 3.91. The van der Waals surface area contributed by atoms with Crippen LogP contribution in [0.2, 0.25) is 0 Å². The van der Waals surface area contributed by atoms with Gasteiger partial charge in [0.1, 0.15) is 6.54 Å². The zero-order valence-corrected chi connectivity index (χ0v) is 7.98. The highest BCUT2D eigenvalue weighted by Crippen LogP contribution is 1.83. The number of likely N-dealkylation sites (N-methyl/N-ethyl adjacent to an activating group) is 1. The Morgan fingerprint density at radius 2 is 2.14 bits per heavy atom. The molecule has 6 heteroatoms. The van der Waals surface area contributed by atoms with Crippen molar-refractivity contribution >= 4 is 5.91 Å². The van der Waals surface area contributed by atoms with Crippen LogP contribution in [0.1, 0.15) is 0 Å². The van der Waals surface area contributed by atoms with Gasteiger partial charge in [0.05, 0.1) is 0 Å². The van der Waals surface area contributed by atoms with E-state index in [9.17, 15) is 14.4 Å². The first-order valence-electron chi connectivity index (χ1n) is 4.00. The van der Waals surface area contributed by atoms with Gasteiger partial charge in [-0.05, 0) is 0 Å². The van der Waals surface area contributed by atoms with Crippen LogP contribution in [-0.4, -0.2) is 34.5 Å². The molecule has 0 saturated heterocycles. The highest BCUT2D eigenvalue weighted by Gasteiger charge is 2.05. The second-order valence-electron chi connectivity index (χ2n) is 3.03. The van der Waals surface area contributed by atoms with Crippen LogP contribution in [0.3, 0.4) is 0 Å². The van der Waals surface area contributed by atoms with E-state index in [0.29, 0.717) is 0 Å². The van der Waals surface area contributed by atoms with Crippen LogP contribution in [0.5, 0.6) is 0 Å². The molecule has 1 amide bonds. The van der Waals surface area contributed by atoms with Crippen molar-refractivity contribution in [3.05, 3.63) is 33.1 Å². The summed E-state index contributed by atoms with van der Waals surface area (Å²) >= 11 is 0. The molecule has 0 fully saturated rings. The molecule has 1 N–H and O–H groups in total. The van der Waals surface area contributed by atoms with Gasteiger partial charge in [0.25, 0.3) is 5.56 Å².